The molecule has 2 atom stereocenters. The SMILES string of the molecule is CC(C)C(C(=O)NC1C=CS(=O)(=O)C1)N1C(=O)C(=Cc2cccn2C)SC1=S. The average molecular weight is 440 g/mol. The Morgan fingerprint density at radius 3 is 2.68 bits per heavy atom. The van der Waals surface area contributed by atoms with Crippen LogP contribution in [0.4, 0.5) is 0 Å². The lowest BCUT2D eigenvalue weighted by atomic mass is 10.0. The van der Waals surface area contributed by atoms with Gasteiger partial charge in [-0.15, -0.1) is 0 Å². The lowest BCUT2D eigenvalue weighted by molar-refractivity contribution is -0.134. The maximum absolute atomic E-state index is 13.0. The molecule has 0 spiro atoms. The van der Waals surface area contributed by atoms with Crippen LogP contribution in [0.1, 0.15) is 19.5 Å². The van der Waals surface area contributed by atoms with Crippen LogP contribution in [0.2, 0.25) is 0 Å². The third-order valence-corrected chi connectivity index (χ3v) is 7.25. The predicted molar refractivity (Wildman–Crippen MR) is 114 cm³/mol. The fourth-order valence-corrected chi connectivity index (χ4v) is 5.68. The van der Waals surface area contributed by atoms with E-state index in [9.17, 15) is 18.0 Å². The molecule has 0 saturated carbocycles. The second-order valence-corrected chi connectivity index (χ2v) is 10.7. The summed E-state index contributed by atoms with van der Waals surface area (Å²) in [5.41, 5.74) is 0.854. The number of nitrogens with zero attached hydrogens (tertiary/aromatic N) is 2. The molecular formula is C18H21N3O4S3. The molecule has 1 saturated heterocycles. The third-order valence-electron chi connectivity index (χ3n) is 4.52. The molecule has 2 unspecified atom stereocenters. The molecule has 0 bridgehead atoms. The van der Waals surface area contributed by atoms with Gasteiger partial charge in [-0.3, -0.25) is 14.5 Å². The van der Waals surface area contributed by atoms with E-state index in [1.54, 1.807) is 6.08 Å². The molecular weight excluding hydrogens is 418 g/mol. The Morgan fingerprint density at radius 2 is 2.14 bits per heavy atom. The van der Waals surface area contributed by atoms with E-state index in [1.807, 2.05) is 43.8 Å². The van der Waals surface area contributed by atoms with Gasteiger partial charge in [-0.05, 0) is 30.2 Å². The van der Waals surface area contributed by atoms with Crippen molar-refractivity contribution in [2.24, 2.45) is 13.0 Å². The molecule has 2 aliphatic heterocycles. The summed E-state index contributed by atoms with van der Waals surface area (Å²) in [6, 6.07) is 2.34. The van der Waals surface area contributed by atoms with Gasteiger partial charge in [-0.25, -0.2) is 8.42 Å². The van der Waals surface area contributed by atoms with Gasteiger partial charge in [0.1, 0.15) is 10.4 Å². The first-order valence-electron chi connectivity index (χ1n) is 8.69. The Bertz CT molecular complexity index is 991. The van der Waals surface area contributed by atoms with Crippen LogP contribution in [-0.2, 0) is 26.5 Å². The molecule has 150 valence electrons. The molecule has 1 N–H and O–H groups in total. The minimum absolute atomic E-state index is 0.171. The van der Waals surface area contributed by atoms with Gasteiger partial charge in [-0.1, -0.05) is 37.8 Å². The molecule has 1 fully saturated rings. The molecule has 28 heavy (non-hydrogen) atoms. The number of thioether (sulfide) groups is 1. The number of carbonyl (C=O) groups is 2. The molecule has 0 aliphatic carbocycles. The molecule has 0 aromatic carbocycles. The van der Waals surface area contributed by atoms with E-state index >= 15 is 0 Å². The quantitative estimate of drug-likeness (QED) is 0.555. The Labute approximate surface area is 173 Å². The van der Waals surface area contributed by atoms with Gasteiger partial charge in [0.2, 0.25) is 5.91 Å². The van der Waals surface area contributed by atoms with Crippen molar-refractivity contribution < 1.29 is 18.0 Å². The third kappa shape index (κ3) is 4.23. The largest absolute Gasteiger partial charge is 0.351 e. The van der Waals surface area contributed by atoms with Crippen molar-refractivity contribution in [2.45, 2.75) is 25.9 Å². The Balaban J connectivity index is 1.82. The van der Waals surface area contributed by atoms with Gasteiger partial charge in [0.15, 0.2) is 9.84 Å². The van der Waals surface area contributed by atoms with E-state index in [0.29, 0.717) is 9.23 Å². The van der Waals surface area contributed by atoms with Crippen molar-refractivity contribution in [3.8, 4) is 0 Å². The second-order valence-electron chi connectivity index (χ2n) is 7.06. The number of carbonyl (C=O) groups excluding carboxylic acids is 2. The van der Waals surface area contributed by atoms with Gasteiger partial charge in [0.25, 0.3) is 5.91 Å². The highest BCUT2D eigenvalue weighted by Gasteiger charge is 2.42. The number of hydrogen-bond donors (Lipinski definition) is 1. The topological polar surface area (TPSA) is 88.5 Å². The van der Waals surface area contributed by atoms with Crippen LogP contribution in [0.15, 0.2) is 34.7 Å². The van der Waals surface area contributed by atoms with Gasteiger partial charge in [0, 0.05) is 24.3 Å². The summed E-state index contributed by atoms with van der Waals surface area (Å²) in [6.45, 7) is 3.65. The summed E-state index contributed by atoms with van der Waals surface area (Å²) < 4.78 is 25.3. The van der Waals surface area contributed by atoms with Crippen LogP contribution in [0, 0.1) is 5.92 Å². The number of aryl methyl sites for hydroxylation is 1. The minimum Gasteiger partial charge on any atom is -0.351 e. The van der Waals surface area contributed by atoms with Crippen molar-refractivity contribution in [1.29, 1.82) is 0 Å². The monoisotopic (exact) mass is 439 g/mol. The lowest BCUT2D eigenvalue weighted by Crippen LogP contribution is -2.53. The maximum atomic E-state index is 13.0. The number of amides is 2. The molecule has 3 rings (SSSR count). The van der Waals surface area contributed by atoms with Crippen molar-refractivity contribution >= 4 is 56.0 Å². The van der Waals surface area contributed by atoms with Crippen LogP contribution >= 0.6 is 24.0 Å². The predicted octanol–water partition coefficient (Wildman–Crippen LogP) is 1.68. The molecule has 7 nitrogen and oxygen atoms in total. The highest BCUT2D eigenvalue weighted by atomic mass is 32.2. The maximum Gasteiger partial charge on any atom is 0.267 e. The molecule has 10 heteroatoms. The zero-order valence-corrected chi connectivity index (χ0v) is 18.1. The van der Waals surface area contributed by atoms with Crippen LogP contribution in [-0.4, -0.2) is 51.9 Å². The van der Waals surface area contributed by atoms with E-state index < -0.39 is 27.8 Å². The molecule has 1 aromatic heterocycles. The van der Waals surface area contributed by atoms with Crippen LogP contribution in [0.25, 0.3) is 6.08 Å². The Morgan fingerprint density at radius 1 is 1.43 bits per heavy atom. The number of nitrogens with one attached hydrogen (secondary N) is 1. The normalized spacial score (nSPS) is 23.8. The van der Waals surface area contributed by atoms with Crippen molar-refractivity contribution in [3.63, 3.8) is 0 Å². The minimum atomic E-state index is -3.29. The highest BCUT2D eigenvalue weighted by Crippen LogP contribution is 2.35. The number of rotatable bonds is 5. The number of hydrogen-bond acceptors (Lipinski definition) is 6. The highest BCUT2D eigenvalue weighted by molar-refractivity contribution is 8.26. The summed E-state index contributed by atoms with van der Waals surface area (Å²) in [4.78, 5) is 27.7. The Kier molecular flexibility index (Phi) is 5.83. The molecule has 1 aromatic rings. The standard InChI is InChI=1S/C18H21N3O4S3/c1-11(2)15(16(22)19-12-6-8-28(24,25)10-12)21-17(23)14(27-18(21)26)9-13-5-4-7-20(13)3/h4-9,11-12,15H,10H2,1-3H3,(H,19,22). The first-order valence-corrected chi connectivity index (χ1v) is 11.6. The van der Waals surface area contributed by atoms with Gasteiger partial charge >= 0.3 is 0 Å². The van der Waals surface area contributed by atoms with E-state index in [2.05, 4.69) is 5.32 Å². The van der Waals surface area contributed by atoms with Crippen LogP contribution in [0.3, 0.4) is 0 Å². The lowest BCUT2D eigenvalue weighted by Gasteiger charge is -2.29. The number of aromatic nitrogens is 1. The number of sulfone groups is 1. The first kappa shape index (κ1) is 20.8. The summed E-state index contributed by atoms with van der Waals surface area (Å²) in [6.07, 6.45) is 5.07. The summed E-state index contributed by atoms with van der Waals surface area (Å²) >= 11 is 6.55. The fourth-order valence-electron chi connectivity index (χ4n) is 3.13. The van der Waals surface area contributed by atoms with Gasteiger partial charge in [-0.2, -0.15) is 0 Å². The van der Waals surface area contributed by atoms with Gasteiger partial charge in [0.05, 0.1) is 16.7 Å². The molecule has 3 heterocycles. The van der Waals surface area contributed by atoms with Crippen molar-refractivity contribution in [1.82, 2.24) is 14.8 Å². The van der Waals surface area contributed by atoms with Crippen molar-refractivity contribution in [2.75, 3.05) is 5.75 Å². The second kappa shape index (κ2) is 7.84. The smallest absolute Gasteiger partial charge is 0.267 e. The number of thiocarbonyl (C=S) groups is 1. The molecule has 2 amide bonds. The first-order chi connectivity index (χ1) is 13.1. The van der Waals surface area contributed by atoms with E-state index in [1.165, 1.54) is 11.0 Å². The summed E-state index contributed by atoms with van der Waals surface area (Å²) in [7, 11) is -1.41. The van der Waals surface area contributed by atoms with Crippen LogP contribution < -0.4 is 5.32 Å². The van der Waals surface area contributed by atoms with E-state index in [-0.39, 0.29) is 17.6 Å². The molecule has 2 aliphatic rings. The summed E-state index contributed by atoms with van der Waals surface area (Å²) in [5.74, 6) is -1.12. The summed E-state index contributed by atoms with van der Waals surface area (Å²) in [5, 5.41) is 3.81. The Hall–Kier alpha value is -1.91. The van der Waals surface area contributed by atoms with Crippen LogP contribution in [0.5, 0.6) is 0 Å². The zero-order chi connectivity index (χ0) is 20.6. The van der Waals surface area contributed by atoms with Crippen molar-refractivity contribution in [3.05, 3.63) is 40.4 Å². The fraction of sp³-hybridized carbons (Fsp3) is 0.389. The van der Waals surface area contributed by atoms with E-state index in [0.717, 1.165) is 22.9 Å². The molecule has 0 radical (unpaired) electrons. The van der Waals surface area contributed by atoms with E-state index in [4.69, 9.17) is 12.2 Å². The zero-order valence-electron chi connectivity index (χ0n) is 15.7. The average Bonchev–Trinajstić information content (AvgIpc) is 3.22. The van der Waals surface area contributed by atoms with Gasteiger partial charge < -0.3 is 9.88 Å².